The number of carbonyl (C=O) groups is 1. The number of aliphatic hydroxyl groups is 1. The molecule has 8 nitrogen and oxygen atoms in total. The first-order valence-electron chi connectivity index (χ1n) is 11.1. The summed E-state index contributed by atoms with van der Waals surface area (Å²) >= 11 is 0. The van der Waals surface area contributed by atoms with Crippen molar-refractivity contribution >= 4 is 17.4 Å². The molecule has 0 spiro atoms. The average Bonchev–Trinajstić information content (AvgIpc) is 2.72. The normalized spacial score (nSPS) is 13.7. The summed E-state index contributed by atoms with van der Waals surface area (Å²) in [5.41, 5.74) is 4.07. The highest BCUT2D eigenvalue weighted by molar-refractivity contribution is 6.00. The van der Waals surface area contributed by atoms with Gasteiger partial charge in [-0.3, -0.25) is 19.9 Å². The summed E-state index contributed by atoms with van der Waals surface area (Å²) in [5, 5.41) is 12.9. The molecule has 0 saturated carbocycles. The van der Waals surface area contributed by atoms with Crippen molar-refractivity contribution in [1.82, 2.24) is 9.88 Å². The minimum atomic E-state index is -0.888. The number of benzene rings is 1. The maximum absolute atomic E-state index is 12.1. The molecule has 2 unspecified atom stereocenters. The van der Waals surface area contributed by atoms with E-state index in [1.807, 2.05) is 38.1 Å². The minimum absolute atomic E-state index is 0.0259. The zero-order valence-corrected chi connectivity index (χ0v) is 20.5. The quantitative estimate of drug-likeness (QED) is 0.323. The Kier molecular flexibility index (Phi) is 9.37. The first-order valence-corrected chi connectivity index (χ1v) is 11.1. The van der Waals surface area contributed by atoms with Gasteiger partial charge < -0.3 is 19.1 Å². The van der Waals surface area contributed by atoms with Crippen LogP contribution in [0.15, 0.2) is 40.2 Å². The number of aromatic nitrogens is 1. The fourth-order valence-corrected chi connectivity index (χ4v) is 3.26. The van der Waals surface area contributed by atoms with E-state index >= 15 is 0 Å². The van der Waals surface area contributed by atoms with Gasteiger partial charge in [-0.2, -0.15) is 0 Å². The molecule has 1 aromatic carbocycles. The number of rotatable bonds is 10. The van der Waals surface area contributed by atoms with Gasteiger partial charge in [0.25, 0.3) is 5.56 Å². The molecule has 0 bridgehead atoms. The standard InChI is InChI=1S/C25H35N3O5/c1-15(2)33-25(31)23(19(6)29)26-10-11-32-21-9-8-16(3)22(13-21)27-18(5)20-12-17(4)24(30)28(7)14-20/h8-9,12-15,19,23,26,29H,10-11H2,1-7H3. The van der Waals surface area contributed by atoms with Crippen molar-refractivity contribution in [3.8, 4) is 5.75 Å². The van der Waals surface area contributed by atoms with Crippen molar-refractivity contribution in [2.75, 3.05) is 13.2 Å². The van der Waals surface area contributed by atoms with Crippen LogP contribution >= 0.6 is 0 Å². The molecule has 33 heavy (non-hydrogen) atoms. The van der Waals surface area contributed by atoms with Crippen LogP contribution < -0.4 is 15.6 Å². The number of pyridine rings is 1. The van der Waals surface area contributed by atoms with Crippen LogP contribution in [-0.4, -0.2) is 52.8 Å². The molecular weight excluding hydrogens is 422 g/mol. The first kappa shape index (κ1) is 26.3. The SMILES string of the molecule is CC(=Nc1cc(OCCNC(C(=O)OC(C)C)C(C)O)ccc1C)c1cc(C)c(=O)n(C)c1. The van der Waals surface area contributed by atoms with E-state index in [0.29, 0.717) is 24.5 Å². The number of esters is 1. The number of aliphatic imine (C=N–C) groups is 1. The lowest BCUT2D eigenvalue weighted by Crippen LogP contribution is -2.47. The van der Waals surface area contributed by atoms with Crippen molar-refractivity contribution in [3.05, 3.63) is 57.5 Å². The Balaban J connectivity index is 2.06. The van der Waals surface area contributed by atoms with E-state index < -0.39 is 18.1 Å². The zero-order valence-electron chi connectivity index (χ0n) is 20.5. The molecule has 2 atom stereocenters. The Labute approximate surface area is 195 Å². The number of aliphatic hydroxyl groups excluding tert-OH is 1. The molecule has 1 heterocycles. The van der Waals surface area contributed by atoms with E-state index in [4.69, 9.17) is 14.5 Å². The van der Waals surface area contributed by atoms with Crippen LogP contribution in [-0.2, 0) is 16.6 Å². The second kappa shape index (κ2) is 11.8. The topological polar surface area (TPSA) is 102 Å². The summed E-state index contributed by atoms with van der Waals surface area (Å²) in [6.45, 7) is 11.4. The molecular formula is C25H35N3O5. The van der Waals surface area contributed by atoms with Gasteiger partial charge in [-0.05, 0) is 59.2 Å². The van der Waals surface area contributed by atoms with Crippen molar-refractivity contribution in [2.45, 2.75) is 59.8 Å². The van der Waals surface area contributed by atoms with Crippen molar-refractivity contribution in [2.24, 2.45) is 12.0 Å². The fraction of sp³-hybridized carbons (Fsp3) is 0.480. The van der Waals surface area contributed by atoms with Gasteiger partial charge in [-0.1, -0.05) is 6.07 Å². The van der Waals surface area contributed by atoms with Crippen LogP contribution in [0, 0.1) is 13.8 Å². The molecule has 0 amide bonds. The largest absolute Gasteiger partial charge is 0.492 e. The Morgan fingerprint density at radius 2 is 1.88 bits per heavy atom. The highest BCUT2D eigenvalue weighted by atomic mass is 16.5. The molecule has 0 aliphatic rings. The highest BCUT2D eigenvalue weighted by Crippen LogP contribution is 2.25. The summed E-state index contributed by atoms with van der Waals surface area (Å²) in [7, 11) is 1.73. The third kappa shape index (κ3) is 7.54. The van der Waals surface area contributed by atoms with Gasteiger partial charge in [0.1, 0.15) is 18.4 Å². The monoisotopic (exact) mass is 457 g/mol. The number of nitrogens with zero attached hydrogens (tertiary/aromatic N) is 2. The second-order valence-corrected chi connectivity index (χ2v) is 8.48. The van der Waals surface area contributed by atoms with E-state index in [1.54, 1.807) is 45.5 Å². The number of ether oxygens (including phenoxy) is 2. The van der Waals surface area contributed by atoms with Crippen LogP contribution in [0.2, 0.25) is 0 Å². The Hall–Kier alpha value is -2.97. The molecule has 0 aliphatic carbocycles. The lowest BCUT2D eigenvalue weighted by atomic mass is 10.1. The van der Waals surface area contributed by atoms with E-state index in [9.17, 15) is 14.7 Å². The predicted octanol–water partition coefficient (Wildman–Crippen LogP) is 2.81. The third-order valence-corrected chi connectivity index (χ3v) is 5.07. The summed E-state index contributed by atoms with van der Waals surface area (Å²) in [5.74, 6) is 0.153. The highest BCUT2D eigenvalue weighted by Gasteiger charge is 2.25. The number of hydrogen-bond donors (Lipinski definition) is 2. The Morgan fingerprint density at radius 3 is 2.48 bits per heavy atom. The van der Waals surface area contributed by atoms with Crippen LogP contribution in [0.1, 0.15) is 44.4 Å². The average molecular weight is 458 g/mol. The maximum atomic E-state index is 12.1. The fourth-order valence-electron chi connectivity index (χ4n) is 3.26. The van der Waals surface area contributed by atoms with E-state index in [0.717, 1.165) is 22.5 Å². The van der Waals surface area contributed by atoms with Crippen LogP contribution in [0.3, 0.4) is 0 Å². The van der Waals surface area contributed by atoms with Gasteiger partial charge >= 0.3 is 5.97 Å². The number of carbonyl (C=O) groups excluding carboxylic acids is 1. The lowest BCUT2D eigenvalue weighted by molar-refractivity contribution is -0.152. The van der Waals surface area contributed by atoms with Gasteiger partial charge in [0.2, 0.25) is 0 Å². The molecule has 2 rings (SSSR count). The Morgan fingerprint density at radius 1 is 1.18 bits per heavy atom. The van der Waals surface area contributed by atoms with E-state index in [2.05, 4.69) is 5.32 Å². The smallest absolute Gasteiger partial charge is 0.326 e. The lowest BCUT2D eigenvalue weighted by Gasteiger charge is -2.21. The molecule has 8 heteroatoms. The second-order valence-electron chi connectivity index (χ2n) is 8.48. The molecule has 0 radical (unpaired) electrons. The number of nitrogens with one attached hydrogen (secondary N) is 1. The van der Waals surface area contributed by atoms with Gasteiger partial charge in [0, 0.05) is 42.7 Å². The van der Waals surface area contributed by atoms with Crippen LogP contribution in [0.25, 0.3) is 0 Å². The first-order chi connectivity index (χ1) is 15.5. The van der Waals surface area contributed by atoms with Gasteiger partial charge in [-0.15, -0.1) is 0 Å². The molecule has 0 saturated heterocycles. The molecule has 180 valence electrons. The predicted molar refractivity (Wildman–Crippen MR) is 130 cm³/mol. The van der Waals surface area contributed by atoms with Crippen molar-refractivity contribution in [3.63, 3.8) is 0 Å². The summed E-state index contributed by atoms with van der Waals surface area (Å²) < 4.78 is 12.6. The maximum Gasteiger partial charge on any atom is 0.326 e. The van der Waals surface area contributed by atoms with E-state index in [-0.39, 0.29) is 11.7 Å². The molecule has 2 N–H and O–H groups in total. The molecule has 1 aromatic heterocycles. The van der Waals surface area contributed by atoms with Gasteiger partial charge in [0.15, 0.2) is 0 Å². The third-order valence-electron chi connectivity index (χ3n) is 5.07. The summed E-state index contributed by atoms with van der Waals surface area (Å²) in [6, 6.07) is 6.67. The number of aryl methyl sites for hydroxylation is 3. The number of hydrogen-bond acceptors (Lipinski definition) is 7. The van der Waals surface area contributed by atoms with Crippen LogP contribution in [0.5, 0.6) is 5.75 Å². The Bertz CT molecular complexity index is 1030. The minimum Gasteiger partial charge on any atom is -0.492 e. The van der Waals surface area contributed by atoms with Crippen molar-refractivity contribution < 1.29 is 19.4 Å². The molecule has 0 aliphatic heterocycles. The molecule has 0 fully saturated rings. The van der Waals surface area contributed by atoms with Gasteiger partial charge in [-0.25, -0.2) is 0 Å². The zero-order chi connectivity index (χ0) is 24.7. The van der Waals surface area contributed by atoms with E-state index in [1.165, 1.54) is 0 Å². The van der Waals surface area contributed by atoms with Crippen molar-refractivity contribution in [1.29, 1.82) is 0 Å². The molecule has 2 aromatic rings. The summed E-state index contributed by atoms with van der Waals surface area (Å²) in [6.07, 6.45) is 0.635. The van der Waals surface area contributed by atoms with Gasteiger partial charge in [0.05, 0.1) is 17.9 Å². The van der Waals surface area contributed by atoms with Crippen LogP contribution in [0.4, 0.5) is 5.69 Å². The summed E-state index contributed by atoms with van der Waals surface area (Å²) in [4.78, 5) is 28.8.